The molecule has 1 amide bonds. The zero-order valence-electron chi connectivity index (χ0n) is 20.8. The molecule has 0 aromatic heterocycles. The maximum absolute atomic E-state index is 12.0. The summed E-state index contributed by atoms with van der Waals surface area (Å²) >= 11 is 0. The molecule has 0 radical (unpaired) electrons. The van der Waals surface area contributed by atoms with Crippen molar-refractivity contribution < 1.29 is 24.2 Å². The Morgan fingerprint density at radius 2 is 1.15 bits per heavy atom. The van der Waals surface area contributed by atoms with Gasteiger partial charge in [-0.3, -0.25) is 9.59 Å². The Bertz CT molecular complexity index is 706. The molecule has 0 atom stereocenters. The van der Waals surface area contributed by atoms with Gasteiger partial charge in [-0.15, -0.1) is 0 Å². The van der Waals surface area contributed by atoms with E-state index in [1.165, 1.54) is 57.1 Å². The van der Waals surface area contributed by atoms with Crippen molar-refractivity contribution in [3.8, 4) is 0 Å². The number of esters is 1. The fourth-order valence-corrected chi connectivity index (χ4v) is 3.63. The van der Waals surface area contributed by atoms with E-state index in [0.717, 1.165) is 32.1 Å². The largest absolute Gasteiger partial charge is 0.478 e. The number of hydrogen-bond donors (Lipinski definition) is 2. The van der Waals surface area contributed by atoms with E-state index in [1.54, 1.807) is 12.1 Å². The fraction of sp³-hybridized carbons (Fsp3) is 0.667. The maximum atomic E-state index is 12.0. The first-order valence-electron chi connectivity index (χ1n) is 12.5. The minimum absolute atomic E-state index is 0.0239. The van der Waals surface area contributed by atoms with Gasteiger partial charge in [0.15, 0.2) is 0 Å². The number of rotatable bonds is 17. The van der Waals surface area contributed by atoms with E-state index in [-0.39, 0.29) is 23.0 Å². The SMILES string of the molecule is CC(C)(C)OC(=O)CCCCCCCCCCCCCCC(=O)Nc1ccc(C(=O)O)cc1. The van der Waals surface area contributed by atoms with Crippen molar-refractivity contribution in [3.05, 3.63) is 29.8 Å². The Morgan fingerprint density at radius 3 is 1.58 bits per heavy atom. The van der Waals surface area contributed by atoms with Gasteiger partial charge in [-0.05, 0) is 57.9 Å². The van der Waals surface area contributed by atoms with Gasteiger partial charge in [-0.2, -0.15) is 0 Å². The van der Waals surface area contributed by atoms with Crippen LogP contribution in [0.1, 0.15) is 121 Å². The zero-order chi connectivity index (χ0) is 24.5. The number of amides is 1. The maximum Gasteiger partial charge on any atom is 0.335 e. The molecule has 1 rings (SSSR count). The van der Waals surface area contributed by atoms with Gasteiger partial charge in [0.25, 0.3) is 0 Å². The van der Waals surface area contributed by atoms with Crippen LogP contribution in [0.25, 0.3) is 0 Å². The highest BCUT2D eigenvalue weighted by Crippen LogP contribution is 2.15. The van der Waals surface area contributed by atoms with Crippen molar-refractivity contribution in [2.75, 3.05) is 5.32 Å². The fourth-order valence-electron chi connectivity index (χ4n) is 3.63. The topological polar surface area (TPSA) is 92.7 Å². The summed E-state index contributed by atoms with van der Waals surface area (Å²) < 4.78 is 5.32. The molecule has 0 aliphatic rings. The van der Waals surface area contributed by atoms with Crippen LogP contribution in [0, 0.1) is 0 Å². The summed E-state index contributed by atoms with van der Waals surface area (Å²) in [6.07, 6.45) is 14.8. The van der Waals surface area contributed by atoms with Gasteiger partial charge >= 0.3 is 11.9 Å². The molecule has 1 aromatic rings. The summed E-state index contributed by atoms with van der Waals surface area (Å²) in [5.74, 6) is -1.08. The van der Waals surface area contributed by atoms with Crippen LogP contribution in [0.3, 0.4) is 0 Å². The summed E-state index contributed by atoms with van der Waals surface area (Å²) in [5.41, 5.74) is 0.460. The van der Waals surface area contributed by atoms with Crippen LogP contribution in [0.2, 0.25) is 0 Å². The number of nitrogens with one attached hydrogen (secondary N) is 1. The lowest BCUT2D eigenvalue weighted by molar-refractivity contribution is -0.154. The Morgan fingerprint density at radius 1 is 0.727 bits per heavy atom. The number of hydrogen-bond acceptors (Lipinski definition) is 4. The molecule has 0 saturated heterocycles. The third-order valence-corrected chi connectivity index (χ3v) is 5.37. The summed E-state index contributed by atoms with van der Waals surface area (Å²) in [7, 11) is 0. The van der Waals surface area contributed by atoms with Gasteiger partial charge < -0.3 is 15.2 Å². The number of unbranched alkanes of at least 4 members (excludes halogenated alkanes) is 11. The van der Waals surface area contributed by atoms with Gasteiger partial charge in [0.05, 0.1) is 5.56 Å². The van der Waals surface area contributed by atoms with Crippen LogP contribution in [-0.4, -0.2) is 28.6 Å². The van der Waals surface area contributed by atoms with Gasteiger partial charge in [0.2, 0.25) is 5.91 Å². The molecule has 6 heteroatoms. The average Bonchev–Trinajstić information content (AvgIpc) is 2.73. The number of carbonyl (C=O) groups is 3. The molecule has 0 bridgehead atoms. The van der Waals surface area contributed by atoms with Crippen LogP contribution < -0.4 is 5.32 Å². The minimum atomic E-state index is -0.972. The number of aromatic carboxylic acids is 1. The molecule has 0 heterocycles. The highest BCUT2D eigenvalue weighted by atomic mass is 16.6. The first kappa shape index (κ1) is 28.7. The smallest absolute Gasteiger partial charge is 0.335 e. The summed E-state index contributed by atoms with van der Waals surface area (Å²) in [5, 5.41) is 11.7. The average molecular weight is 462 g/mol. The highest BCUT2D eigenvalue weighted by Gasteiger charge is 2.15. The number of ether oxygens (including phenoxy) is 1. The first-order valence-corrected chi connectivity index (χ1v) is 12.5. The van der Waals surface area contributed by atoms with Crippen molar-refractivity contribution in [1.82, 2.24) is 0 Å². The summed E-state index contributed by atoms with van der Waals surface area (Å²) in [6.45, 7) is 5.70. The molecule has 6 nitrogen and oxygen atoms in total. The van der Waals surface area contributed by atoms with Crippen molar-refractivity contribution in [2.24, 2.45) is 0 Å². The van der Waals surface area contributed by atoms with Crippen LogP contribution in [0.15, 0.2) is 24.3 Å². The van der Waals surface area contributed by atoms with Crippen LogP contribution in [-0.2, 0) is 14.3 Å². The molecule has 2 N–H and O–H groups in total. The standard InChI is InChI=1S/C27H43NO5/c1-27(2,3)33-25(30)17-15-13-11-9-7-5-4-6-8-10-12-14-16-24(29)28-23-20-18-22(19-21-23)26(31)32/h18-21H,4-17H2,1-3H3,(H,28,29)(H,31,32). The van der Waals surface area contributed by atoms with Gasteiger partial charge in [-0.25, -0.2) is 4.79 Å². The quantitative estimate of drug-likeness (QED) is 0.190. The molecular formula is C27H43NO5. The van der Waals surface area contributed by atoms with Crippen LogP contribution in [0.4, 0.5) is 5.69 Å². The predicted molar refractivity (Wildman–Crippen MR) is 133 cm³/mol. The summed E-state index contributed by atoms with van der Waals surface area (Å²) in [6, 6.07) is 6.21. The molecule has 186 valence electrons. The third-order valence-electron chi connectivity index (χ3n) is 5.37. The van der Waals surface area contributed by atoms with Gasteiger partial charge in [-0.1, -0.05) is 64.2 Å². The van der Waals surface area contributed by atoms with E-state index in [1.807, 2.05) is 20.8 Å². The first-order chi connectivity index (χ1) is 15.7. The molecule has 1 aromatic carbocycles. The molecule has 0 fully saturated rings. The number of carbonyl (C=O) groups excluding carboxylic acids is 2. The van der Waals surface area contributed by atoms with E-state index in [9.17, 15) is 14.4 Å². The second-order valence-corrected chi connectivity index (χ2v) is 9.76. The number of benzene rings is 1. The van der Waals surface area contributed by atoms with E-state index in [2.05, 4.69) is 5.32 Å². The lowest BCUT2D eigenvalue weighted by Gasteiger charge is -2.19. The lowest BCUT2D eigenvalue weighted by atomic mass is 10.0. The Hall–Kier alpha value is -2.37. The number of anilines is 1. The second-order valence-electron chi connectivity index (χ2n) is 9.76. The van der Waals surface area contributed by atoms with Crippen molar-refractivity contribution >= 4 is 23.5 Å². The van der Waals surface area contributed by atoms with Gasteiger partial charge in [0.1, 0.15) is 5.60 Å². The van der Waals surface area contributed by atoms with E-state index in [4.69, 9.17) is 9.84 Å². The molecule has 0 saturated carbocycles. The van der Waals surface area contributed by atoms with Crippen LogP contribution >= 0.6 is 0 Å². The van der Waals surface area contributed by atoms with Crippen molar-refractivity contribution in [2.45, 2.75) is 116 Å². The Kier molecular flexibility index (Phi) is 14.1. The normalized spacial score (nSPS) is 11.2. The molecule has 33 heavy (non-hydrogen) atoms. The molecule has 0 aliphatic heterocycles. The van der Waals surface area contributed by atoms with E-state index < -0.39 is 5.97 Å². The Labute approximate surface area is 199 Å². The number of carboxylic acids is 1. The van der Waals surface area contributed by atoms with Crippen molar-refractivity contribution in [1.29, 1.82) is 0 Å². The Balaban J connectivity index is 1.88. The highest BCUT2D eigenvalue weighted by molar-refractivity contribution is 5.92. The number of carboxylic acid groups (broad SMARTS) is 1. The monoisotopic (exact) mass is 461 g/mol. The minimum Gasteiger partial charge on any atom is -0.478 e. The zero-order valence-corrected chi connectivity index (χ0v) is 20.8. The van der Waals surface area contributed by atoms with Crippen LogP contribution in [0.5, 0.6) is 0 Å². The summed E-state index contributed by atoms with van der Waals surface area (Å²) in [4.78, 5) is 34.4. The third kappa shape index (κ3) is 16.0. The second kappa shape index (κ2) is 16.3. The van der Waals surface area contributed by atoms with E-state index >= 15 is 0 Å². The van der Waals surface area contributed by atoms with Gasteiger partial charge in [0, 0.05) is 18.5 Å². The lowest BCUT2D eigenvalue weighted by Crippen LogP contribution is -2.23. The molecular weight excluding hydrogens is 418 g/mol. The van der Waals surface area contributed by atoms with E-state index in [0.29, 0.717) is 18.5 Å². The predicted octanol–water partition coefficient (Wildman–Crippen LogP) is 7.13. The van der Waals surface area contributed by atoms with Crippen molar-refractivity contribution in [3.63, 3.8) is 0 Å². The molecule has 0 spiro atoms. The molecule has 0 aliphatic carbocycles. The molecule has 0 unspecified atom stereocenters.